The summed E-state index contributed by atoms with van der Waals surface area (Å²) < 4.78 is 30.9. The van der Waals surface area contributed by atoms with Crippen LogP contribution in [0.1, 0.15) is 32.4 Å². The van der Waals surface area contributed by atoms with Gasteiger partial charge in [0, 0.05) is 21.0 Å². The van der Waals surface area contributed by atoms with Gasteiger partial charge in [-0.2, -0.15) is 8.42 Å². The minimum absolute atomic E-state index is 0.0411. The van der Waals surface area contributed by atoms with Gasteiger partial charge in [-0.3, -0.25) is 4.98 Å². The average molecular weight is 441 g/mol. The number of hydrogen-bond donors (Lipinski definition) is 0. The number of benzene rings is 2. The van der Waals surface area contributed by atoms with Crippen LogP contribution in [0.15, 0.2) is 70.5 Å². The lowest BCUT2D eigenvalue weighted by Gasteiger charge is -2.32. The normalized spacial score (nSPS) is 13.1. The molecule has 156 valence electrons. The number of para-hydroxylation sites is 2. The van der Waals surface area contributed by atoms with Gasteiger partial charge >= 0.3 is 0 Å². The summed E-state index contributed by atoms with van der Waals surface area (Å²) in [6.45, 7) is 3.95. The molecule has 0 aliphatic carbocycles. The smallest absolute Gasteiger partial charge is 0.253 e. The Kier molecular flexibility index (Phi) is 6.13. The van der Waals surface area contributed by atoms with Crippen LogP contribution in [0.2, 0.25) is 0 Å². The van der Waals surface area contributed by atoms with Crippen molar-refractivity contribution in [3.63, 3.8) is 0 Å². The summed E-state index contributed by atoms with van der Waals surface area (Å²) in [7, 11) is -3.74. The predicted octanol–water partition coefficient (Wildman–Crippen LogP) is 5.98. The summed E-state index contributed by atoms with van der Waals surface area (Å²) in [4.78, 5) is 6.70. The Labute approximate surface area is 182 Å². The number of pyridine rings is 1. The minimum Gasteiger partial charge on any atom is -0.253 e. The number of aryl methyl sites for hydroxylation is 1. The quantitative estimate of drug-likeness (QED) is 0.451. The van der Waals surface area contributed by atoms with E-state index in [1.807, 2.05) is 67.6 Å². The van der Waals surface area contributed by atoms with Crippen LogP contribution in [0.5, 0.6) is 0 Å². The van der Waals surface area contributed by atoms with Crippen LogP contribution in [-0.2, 0) is 20.8 Å². The van der Waals surface area contributed by atoms with Gasteiger partial charge in [-0.05, 0) is 43.2 Å². The molecule has 4 rings (SSSR count). The SMILES string of the molecule is CCCc1cccc(-c2cccc3c2N(OS(=O)(=O)CCC)c2ccccc2S3)n1. The second kappa shape index (κ2) is 8.79. The van der Waals surface area contributed by atoms with E-state index in [-0.39, 0.29) is 5.75 Å². The van der Waals surface area contributed by atoms with Crippen LogP contribution in [0, 0.1) is 0 Å². The number of fused-ring (bicyclic) bond motifs is 2. The molecule has 0 fully saturated rings. The lowest BCUT2D eigenvalue weighted by Crippen LogP contribution is -2.27. The van der Waals surface area contributed by atoms with Gasteiger partial charge in [0.2, 0.25) is 0 Å². The van der Waals surface area contributed by atoms with Crippen molar-refractivity contribution in [2.45, 2.75) is 42.9 Å². The summed E-state index contributed by atoms with van der Waals surface area (Å²) in [5.41, 5.74) is 4.09. The van der Waals surface area contributed by atoms with Crippen molar-refractivity contribution in [3.8, 4) is 11.3 Å². The van der Waals surface area contributed by atoms with E-state index in [1.54, 1.807) is 11.8 Å². The van der Waals surface area contributed by atoms with E-state index in [9.17, 15) is 8.42 Å². The Morgan fingerprint density at radius 3 is 2.50 bits per heavy atom. The maximum absolute atomic E-state index is 12.6. The standard InChI is InChI=1S/C23H24N2O3S2/c1-3-9-17-10-7-12-19(24-17)18-11-8-15-22-23(18)25(28-30(26,27)16-4-2)20-13-5-6-14-21(20)29-22/h5-8,10-15H,3-4,9,16H2,1-2H3. The van der Waals surface area contributed by atoms with Crippen molar-refractivity contribution >= 4 is 33.3 Å². The summed E-state index contributed by atoms with van der Waals surface area (Å²) in [6, 6.07) is 19.6. The van der Waals surface area contributed by atoms with Crippen LogP contribution < -0.4 is 5.06 Å². The average Bonchev–Trinajstić information content (AvgIpc) is 2.73. The molecule has 0 saturated heterocycles. The molecule has 1 aliphatic heterocycles. The molecule has 0 unspecified atom stereocenters. The fraction of sp³-hybridized carbons (Fsp3) is 0.261. The highest BCUT2D eigenvalue weighted by Gasteiger charge is 2.31. The van der Waals surface area contributed by atoms with E-state index in [0.717, 1.165) is 39.6 Å². The lowest BCUT2D eigenvalue weighted by atomic mass is 10.1. The lowest BCUT2D eigenvalue weighted by molar-refractivity contribution is 0.319. The third-order valence-electron chi connectivity index (χ3n) is 4.74. The number of anilines is 2. The van der Waals surface area contributed by atoms with Crippen molar-refractivity contribution in [2.24, 2.45) is 0 Å². The molecule has 3 aromatic rings. The zero-order chi connectivity index (χ0) is 21.1. The van der Waals surface area contributed by atoms with E-state index >= 15 is 0 Å². The second-order valence-corrected chi connectivity index (χ2v) is 9.87. The largest absolute Gasteiger partial charge is 0.288 e. The van der Waals surface area contributed by atoms with E-state index in [4.69, 9.17) is 9.27 Å². The maximum atomic E-state index is 12.6. The van der Waals surface area contributed by atoms with Gasteiger partial charge in [0.1, 0.15) is 0 Å². The van der Waals surface area contributed by atoms with Gasteiger partial charge in [0.05, 0.1) is 22.8 Å². The number of hydrogen-bond acceptors (Lipinski definition) is 6. The Hall–Kier alpha value is -2.35. The summed E-state index contributed by atoms with van der Waals surface area (Å²) in [6.07, 6.45) is 2.39. The fourth-order valence-electron chi connectivity index (χ4n) is 3.47. The highest BCUT2D eigenvalue weighted by molar-refractivity contribution is 7.99. The number of nitrogens with zero attached hydrogens (tertiary/aromatic N) is 2. The monoisotopic (exact) mass is 440 g/mol. The van der Waals surface area contributed by atoms with Gasteiger partial charge in [0.15, 0.2) is 0 Å². The predicted molar refractivity (Wildman–Crippen MR) is 122 cm³/mol. The van der Waals surface area contributed by atoms with Crippen molar-refractivity contribution in [2.75, 3.05) is 10.8 Å². The molecular weight excluding hydrogens is 416 g/mol. The van der Waals surface area contributed by atoms with Crippen molar-refractivity contribution in [3.05, 3.63) is 66.4 Å². The van der Waals surface area contributed by atoms with Crippen LogP contribution in [0.3, 0.4) is 0 Å². The summed E-state index contributed by atoms with van der Waals surface area (Å²) in [5, 5.41) is 1.47. The van der Waals surface area contributed by atoms with Crippen molar-refractivity contribution < 1.29 is 12.7 Å². The topological polar surface area (TPSA) is 59.5 Å². The molecule has 0 bridgehead atoms. The third-order valence-corrected chi connectivity index (χ3v) is 7.14. The van der Waals surface area contributed by atoms with Crippen LogP contribution in [-0.4, -0.2) is 19.2 Å². The molecule has 2 aromatic carbocycles. The number of rotatable bonds is 7. The number of aromatic nitrogens is 1. The first kappa shape index (κ1) is 20.9. The molecule has 0 saturated carbocycles. The molecular formula is C23H24N2O3S2. The molecule has 1 aromatic heterocycles. The molecule has 0 radical (unpaired) electrons. The Balaban J connectivity index is 1.88. The van der Waals surface area contributed by atoms with Crippen LogP contribution >= 0.6 is 11.8 Å². The Bertz CT molecular complexity index is 1160. The second-order valence-electron chi connectivity index (χ2n) is 7.12. The first-order valence-corrected chi connectivity index (χ1v) is 12.5. The first-order valence-electron chi connectivity index (χ1n) is 10.1. The molecule has 0 spiro atoms. The zero-order valence-corrected chi connectivity index (χ0v) is 18.7. The van der Waals surface area contributed by atoms with Gasteiger partial charge in [-0.1, -0.05) is 62.4 Å². The molecule has 0 amide bonds. The molecule has 0 atom stereocenters. The Morgan fingerprint density at radius 2 is 1.70 bits per heavy atom. The van der Waals surface area contributed by atoms with Crippen LogP contribution in [0.4, 0.5) is 11.4 Å². The molecule has 0 N–H and O–H groups in total. The first-order chi connectivity index (χ1) is 14.5. The van der Waals surface area contributed by atoms with E-state index in [0.29, 0.717) is 17.8 Å². The molecule has 2 heterocycles. The van der Waals surface area contributed by atoms with Gasteiger partial charge in [-0.25, -0.2) is 5.06 Å². The van der Waals surface area contributed by atoms with Crippen molar-refractivity contribution in [1.82, 2.24) is 4.98 Å². The van der Waals surface area contributed by atoms with E-state index < -0.39 is 10.1 Å². The maximum Gasteiger partial charge on any atom is 0.288 e. The van der Waals surface area contributed by atoms with Gasteiger partial charge in [-0.15, -0.1) is 4.28 Å². The third kappa shape index (κ3) is 4.24. The Morgan fingerprint density at radius 1 is 0.933 bits per heavy atom. The molecule has 5 nitrogen and oxygen atoms in total. The fourth-order valence-corrected chi connectivity index (χ4v) is 5.51. The summed E-state index contributed by atoms with van der Waals surface area (Å²) in [5.74, 6) is -0.0411. The zero-order valence-electron chi connectivity index (χ0n) is 17.0. The minimum atomic E-state index is -3.74. The van der Waals surface area contributed by atoms with Crippen LogP contribution in [0.25, 0.3) is 11.3 Å². The molecule has 30 heavy (non-hydrogen) atoms. The van der Waals surface area contributed by atoms with E-state index in [2.05, 4.69) is 6.92 Å². The van der Waals surface area contributed by atoms with E-state index in [1.165, 1.54) is 5.06 Å². The highest BCUT2D eigenvalue weighted by atomic mass is 32.2. The molecule has 1 aliphatic rings. The summed E-state index contributed by atoms with van der Waals surface area (Å²) >= 11 is 1.60. The van der Waals surface area contributed by atoms with Gasteiger partial charge in [0.25, 0.3) is 10.1 Å². The van der Waals surface area contributed by atoms with Crippen molar-refractivity contribution in [1.29, 1.82) is 0 Å². The highest BCUT2D eigenvalue weighted by Crippen LogP contribution is 2.51. The molecule has 7 heteroatoms. The van der Waals surface area contributed by atoms with Gasteiger partial charge < -0.3 is 0 Å².